The lowest BCUT2D eigenvalue weighted by Gasteiger charge is -2.05. The molecule has 22 heavy (non-hydrogen) atoms. The highest BCUT2D eigenvalue weighted by atomic mass is 32.2. The van der Waals surface area contributed by atoms with Gasteiger partial charge in [0, 0.05) is 18.0 Å². The lowest BCUT2D eigenvalue weighted by atomic mass is 10.1. The van der Waals surface area contributed by atoms with Crippen LogP contribution in [0.1, 0.15) is 10.6 Å². The maximum absolute atomic E-state index is 12.6. The Bertz CT molecular complexity index is 895. The smallest absolute Gasteiger partial charge is 0.203 e. The summed E-state index contributed by atoms with van der Waals surface area (Å²) in [6.07, 6.45) is 3.18. The van der Waals surface area contributed by atoms with Gasteiger partial charge in [0.15, 0.2) is 9.84 Å². The molecule has 3 rings (SSSR count). The highest BCUT2D eigenvalue weighted by molar-refractivity contribution is 7.91. The number of anilines is 1. The van der Waals surface area contributed by atoms with Gasteiger partial charge in [-0.05, 0) is 12.5 Å². The van der Waals surface area contributed by atoms with Crippen molar-refractivity contribution >= 4 is 26.3 Å². The fraction of sp³-hybridized carbons (Fsp3) is 0.143. The van der Waals surface area contributed by atoms with E-state index in [1.165, 1.54) is 6.20 Å². The van der Waals surface area contributed by atoms with Gasteiger partial charge < -0.3 is 10.7 Å². The summed E-state index contributed by atoms with van der Waals surface area (Å²) < 4.78 is 25.2. The van der Waals surface area contributed by atoms with Gasteiger partial charge in [0.1, 0.15) is 10.8 Å². The number of hydrogen-bond acceptors (Lipinski definition) is 6. The number of aromatic nitrogens is 3. The molecule has 0 fully saturated rings. The molecule has 3 aromatic rings. The highest BCUT2D eigenvalue weighted by Crippen LogP contribution is 2.30. The number of H-pyrrole nitrogens is 1. The minimum absolute atomic E-state index is 0.210. The fourth-order valence-electron chi connectivity index (χ4n) is 2.13. The van der Waals surface area contributed by atoms with Crippen LogP contribution in [0.4, 0.5) is 5.13 Å². The molecule has 0 unspecified atom stereocenters. The Morgan fingerprint density at radius 2 is 1.91 bits per heavy atom. The Kier molecular flexibility index (Phi) is 3.71. The first-order valence-corrected chi connectivity index (χ1v) is 8.97. The first-order chi connectivity index (χ1) is 10.5. The van der Waals surface area contributed by atoms with Crippen molar-refractivity contribution < 1.29 is 8.42 Å². The number of nitrogen functional groups attached to an aromatic ring is 1. The molecule has 0 saturated heterocycles. The van der Waals surface area contributed by atoms with E-state index in [9.17, 15) is 8.42 Å². The average Bonchev–Trinajstić information content (AvgIpc) is 3.09. The second-order valence-electron chi connectivity index (χ2n) is 4.89. The molecule has 114 valence electrons. The van der Waals surface area contributed by atoms with E-state index in [1.54, 1.807) is 6.20 Å². The van der Waals surface area contributed by atoms with Crippen LogP contribution < -0.4 is 5.73 Å². The van der Waals surface area contributed by atoms with Crippen molar-refractivity contribution in [3.63, 3.8) is 0 Å². The number of sulfone groups is 1. The van der Waals surface area contributed by atoms with E-state index in [-0.39, 0.29) is 15.8 Å². The average molecular weight is 334 g/mol. The quantitative estimate of drug-likeness (QED) is 0.763. The summed E-state index contributed by atoms with van der Waals surface area (Å²) >= 11 is 1.08. The van der Waals surface area contributed by atoms with Gasteiger partial charge in [-0.2, -0.15) is 0 Å². The summed E-state index contributed by atoms with van der Waals surface area (Å²) in [5.41, 5.74) is 8.11. The maximum Gasteiger partial charge on any atom is 0.203 e. The first-order valence-electron chi connectivity index (χ1n) is 6.50. The van der Waals surface area contributed by atoms with Gasteiger partial charge in [0.05, 0.1) is 4.90 Å². The van der Waals surface area contributed by atoms with Crippen LogP contribution in [0.3, 0.4) is 0 Å². The number of benzene rings is 1. The molecular weight excluding hydrogens is 320 g/mol. The Labute approximate surface area is 131 Å². The molecule has 0 bridgehead atoms. The fourth-order valence-corrected chi connectivity index (χ4v) is 4.53. The third-order valence-electron chi connectivity index (χ3n) is 3.20. The van der Waals surface area contributed by atoms with Crippen LogP contribution in [0.25, 0.3) is 11.1 Å². The SMILES string of the molecule is Cc1ccc(-c2c[nH]cc2S(=O)(=O)Cc2nnc(N)s2)cc1. The molecule has 0 aliphatic carbocycles. The molecule has 0 aliphatic heterocycles. The van der Waals surface area contributed by atoms with Gasteiger partial charge in [-0.25, -0.2) is 8.42 Å². The van der Waals surface area contributed by atoms with E-state index in [0.29, 0.717) is 10.6 Å². The zero-order valence-corrected chi connectivity index (χ0v) is 13.4. The summed E-state index contributed by atoms with van der Waals surface area (Å²) in [7, 11) is -3.52. The van der Waals surface area contributed by atoms with Crippen molar-refractivity contribution in [2.45, 2.75) is 17.6 Å². The van der Waals surface area contributed by atoms with Gasteiger partial charge >= 0.3 is 0 Å². The number of nitrogens with zero attached hydrogens (tertiary/aromatic N) is 2. The number of aromatic amines is 1. The van der Waals surface area contributed by atoms with E-state index in [2.05, 4.69) is 15.2 Å². The lowest BCUT2D eigenvalue weighted by molar-refractivity contribution is 0.595. The van der Waals surface area contributed by atoms with Crippen molar-refractivity contribution in [2.75, 3.05) is 5.73 Å². The molecule has 2 heterocycles. The van der Waals surface area contributed by atoms with Crippen molar-refractivity contribution in [1.29, 1.82) is 0 Å². The minimum atomic E-state index is -3.52. The van der Waals surface area contributed by atoms with Crippen molar-refractivity contribution in [2.24, 2.45) is 0 Å². The third kappa shape index (κ3) is 2.88. The van der Waals surface area contributed by atoms with E-state index < -0.39 is 9.84 Å². The molecule has 3 N–H and O–H groups in total. The van der Waals surface area contributed by atoms with Crippen LogP contribution in [0, 0.1) is 6.92 Å². The van der Waals surface area contributed by atoms with Crippen LogP contribution in [0.2, 0.25) is 0 Å². The third-order valence-corrected chi connectivity index (χ3v) is 5.80. The molecule has 1 aromatic carbocycles. The molecule has 0 saturated carbocycles. The number of nitrogens with two attached hydrogens (primary N) is 1. The van der Waals surface area contributed by atoms with Gasteiger partial charge in [-0.15, -0.1) is 10.2 Å². The Hall–Kier alpha value is -2.19. The van der Waals surface area contributed by atoms with Gasteiger partial charge in [-0.1, -0.05) is 41.2 Å². The zero-order chi connectivity index (χ0) is 15.7. The molecule has 2 aromatic heterocycles. The van der Waals surface area contributed by atoms with E-state index in [0.717, 1.165) is 22.5 Å². The monoisotopic (exact) mass is 334 g/mol. The second kappa shape index (κ2) is 5.54. The summed E-state index contributed by atoms with van der Waals surface area (Å²) in [5, 5.41) is 8.07. The Balaban J connectivity index is 1.98. The van der Waals surface area contributed by atoms with Gasteiger partial charge in [-0.3, -0.25) is 0 Å². The zero-order valence-electron chi connectivity index (χ0n) is 11.8. The molecule has 0 atom stereocenters. The van der Waals surface area contributed by atoms with Crippen LogP contribution in [0.5, 0.6) is 0 Å². The molecule has 0 spiro atoms. The predicted molar refractivity (Wildman–Crippen MR) is 86.2 cm³/mol. The molecule has 0 radical (unpaired) electrons. The predicted octanol–water partition coefficient (Wildman–Crippen LogP) is 2.40. The number of hydrogen-bond donors (Lipinski definition) is 2. The summed E-state index contributed by atoms with van der Waals surface area (Å²) in [5.74, 6) is -0.210. The molecular formula is C14H14N4O2S2. The number of rotatable bonds is 4. The molecule has 8 heteroatoms. The first kappa shape index (κ1) is 14.7. The van der Waals surface area contributed by atoms with Crippen LogP contribution in [-0.4, -0.2) is 23.6 Å². The normalized spacial score (nSPS) is 11.7. The van der Waals surface area contributed by atoms with Crippen LogP contribution in [-0.2, 0) is 15.6 Å². The van der Waals surface area contributed by atoms with E-state index in [1.807, 2.05) is 31.2 Å². The second-order valence-corrected chi connectivity index (χ2v) is 7.94. The largest absolute Gasteiger partial charge is 0.374 e. The van der Waals surface area contributed by atoms with Crippen molar-refractivity contribution in [3.05, 3.63) is 47.2 Å². The number of aryl methyl sites for hydroxylation is 1. The molecule has 0 aliphatic rings. The standard InChI is InChI=1S/C14H14N4O2S2/c1-9-2-4-10(5-3-9)11-6-16-7-12(11)22(19,20)8-13-17-18-14(15)21-13/h2-7,16H,8H2,1H3,(H2,15,18). The number of nitrogens with one attached hydrogen (secondary N) is 1. The molecule has 6 nitrogen and oxygen atoms in total. The highest BCUT2D eigenvalue weighted by Gasteiger charge is 2.23. The van der Waals surface area contributed by atoms with E-state index >= 15 is 0 Å². The summed E-state index contributed by atoms with van der Waals surface area (Å²) in [6, 6.07) is 7.70. The van der Waals surface area contributed by atoms with Gasteiger partial charge in [0.25, 0.3) is 0 Å². The summed E-state index contributed by atoms with van der Waals surface area (Å²) in [6.45, 7) is 1.98. The van der Waals surface area contributed by atoms with Crippen molar-refractivity contribution in [1.82, 2.24) is 15.2 Å². The van der Waals surface area contributed by atoms with Crippen LogP contribution >= 0.6 is 11.3 Å². The Morgan fingerprint density at radius 3 is 2.55 bits per heavy atom. The van der Waals surface area contributed by atoms with Crippen molar-refractivity contribution in [3.8, 4) is 11.1 Å². The summed E-state index contributed by atoms with van der Waals surface area (Å²) in [4.78, 5) is 3.13. The Morgan fingerprint density at radius 1 is 1.18 bits per heavy atom. The maximum atomic E-state index is 12.6. The lowest BCUT2D eigenvalue weighted by Crippen LogP contribution is -2.05. The van der Waals surface area contributed by atoms with Gasteiger partial charge in [0.2, 0.25) is 5.13 Å². The van der Waals surface area contributed by atoms with Crippen LogP contribution in [0.15, 0.2) is 41.6 Å². The molecule has 0 amide bonds. The topological polar surface area (TPSA) is 102 Å². The van der Waals surface area contributed by atoms with E-state index in [4.69, 9.17) is 5.73 Å². The minimum Gasteiger partial charge on any atom is -0.374 e.